The van der Waals surface area contributed by atoms with Gasteiger partial charge in [-0.15, -0.1) is 0 Å². The van der Waals surface area contributed by atoms with Gasteiger partial charge in [-0.25, -0.2) is 0 Å². The van der Waals surface area contributed by atoms with Gasteiger partial charge in [0.05, 0.1) is 0 Å². The molecule has 0 aromatic carbocycles. The molecule has 1 saturated heterocycles. The van der Waals surface area contributed by atoms with Crippen molar-refractivity contribution >= 4 is 23.5 Å². The van der Waals surface area contributed by atoms with Gasteiger partial charge in [0, 0.05) is 28.0 Å². The van der Waals surface area contributed by atoms with Gasteiger partial charge in [-0.05, 0) is 18.8 Å². The lowest BCUT2D eigenvalue weighted by molar-refractivity contribution is 0.373. The lowest BCUT2D eigenvalue weighted by Gasteiger charge is -2.36. The minimum Gasteiger partial charge on any atom is -0.271 e. The Balaban J connectivity index is 2.51. The van der Waals surface area contributed by atoms with Crippen LogP contribution in [0, 0.1) is 5.92 Å². The standard InChI is InChI=1S/C13H28N2S2/c1-4-6-10(3)9-11(15-14)13-12(5-2)16-7-8-17-13/h10-13,15H,4-9,14H2,1-3H3. The number of rotatable bonds is 7. The zero-order chi connectivity index (χ0) is 12.7. The third-order valence-corrected chi connectivity index (χ3v) is 6.95. The highest BCUT2D eigenvalue weighted by Gasteiger charge is 2.32. The van der Waals surface area contributed by atoms with Crippen molar-refractivity contribution in [3.05, 3.63) is 0 Å². The van der Waals surface area contributed by atoms with Crippen LogP contribution in [0.2, 0.25) is 0 Å². The van der Waals surface area contributed by atoms with Crippen molar-refractivity contribution in [3.8, 4) is 0 Å². The van der Waals surface area contributed by atoms with Crippen LogP contribution in [0.3, 0.4) is 0 Å². The van der Waals surface area contributed by atoms with E-state index in [1.54, 1.807) is 0 Å². The molecular formula is C13H28N2S2. The van der Waals surface area contributed by atoms with Gasteiger partial charge in [0.15, 0.2) is 0 Å². The van der Waals surface area contributed by atoms with Gasteiger partial charge in [-0.2, -0.15) is 23.5 Å². The summed E-state index contributed by atoms with van der Waals surface area (Å²) >= 11 is 4.26. The van der Waals surface area contributed by atoms with Gasteiger partial charge < -0.3 is 0 Å². The number of nitrogens with one attached hydrogen (secondary N) is 1. The maximum Gasteiger partial charge on any atom is 0.0342 e. The van der Waals surface area contributed by atoms with Gasteiger partial charge in [0.2, 0.25) is 0 Å². The molecule has 17 heavy (non-hydrogen) atoms. The summed E-state index contributed by atoms with van der Waals surface area (Å²) < 4.78 is 0. The second kappa shape index (κ2) is 8.68. The van der Waals surface area contributed by atoms with E-state index in [9.17, 15) is 0 Å². The van der Waals surface area contributed by atoms with Crippen LogP contribution in [0.4, 0.5) is 0 Å². The monoisotopic (exact) mass is 276 g/mol. The Morgan fingerprint density at radius 1 is 1.29 bits per heavy atom. The van der Waals surface area contributed by atoms with E-state index in [1.165, 1.54) is 37.2 Å². The normalized spacial score (nSPS) is 28.9. The Morgan fingerprint density at radius 2 is 2.00 bits per heavy atom. The molecule has 1 fully saturated rings. The van der Waals surface area contributed by atoms with Crippen LogP contribution in [0.25, 0.3) is 0 Å². The smallest absolute Gasteiger partial charge is 0.0342 e. The zero-order valence-electron chi connectivity index (χ0n) is 11.4. The summed E-state index contributed by atoms with van der Waals surface area (Å²) in [6, 6.07) is 0.485. The lowest BCUT2D eigenvalue weighted by Crippen LogP contribution is -2.48. The van der Waals surface area contributed by atoms with Crippen LogP contribution in [0.5, 0.6) is 0 Å². The molecule has 3 N–H and O–H groups in total. The topological polar surface area (TPSA) is 38.0 Å². The van der Waals surface area contributed by atoms with Crippen LogP contribution >= 0.6 is 23.5 Å². The molecule has 4 atom stereocenters. The Hall–Kier alpha value is 0.620. The summed E-state index contributed by atoms with van der Waals surface area (Å²) in [6.07, 6.45) is 5.09. The third-order valence-electron chi connectivity index (χ3n) is 3.54. The van der Waals surface area contributed by atoms with Crippen molar-refractivity contribution in [1.29, 1.82) is 0 Å². The van der Waals surface area contributed by atoms with Crippen molar-refractivity contribution in [2.75, 3.05) is 11.5 Å². The number of thioether (sulfide) groups is 2. The molecule has 0 aliphatic carbocycles. The summed E-state index contributed by atoms with van der Waals surface area (Å²) in [5.41, 5.74) is 3.09. The molecule has 0 spiro atoms. The van der Waals surface area contributed by atoms with Gasteiger partial charge in [-0.1, -0.05) is 33.6 Å². The molecule has 1 heterocycles. The maximum absolute atomic E-state index is 5.79. The summed E-state index contributed by atoms with van der Waals surface area (Å²) in [4.78, 5) is 0. The maximum atomic E-state index is 5.79. The van der Waals surface area contributed by atoms with E-state index < -0.39 is 0 Å². The Morgan fingerprint density at radius 3 is 2.59 bits per heavy atom. The fourth-order valence-electron chi connectivity index (χ4n) is 2.65. The molecule has 0 saturated carbocycles. The molecule has 0 radical (unpaired) electrons. The molecule has 4 unspecified atom stereocenters. The molecule has 0 amide bonds. The van der Waals surface area contributed by atoms with E-state index >= 15 is 0 Å². The highest BCUT2D eigenvalue weighted by Crippen LogP contribution is 2.36. The third kappa shape index (κ3) is 5.01. The second-order valence-corrected chi connectivity index (χ2v) is 7.69. The molecule has 1 rings (SSSR count). The zero-order valence-corrected chi connectivity index (χ0v) is 13.1. The van der Waals surface area contributed by atoms with Crippen molar-refractivity contribution in [2.24, 2.45) is 11.8 Å². The SMILES string of the molecule is CCCC(C)CC(NN)C1SCCSC1CC. The van der Waals surface area contributed by atoms with Crippen molar-refractivity contribution < 1.29 is 0 Å². The average molecular weight is 277 g/mol. The molecular weight excluding hydrogens is 248 g/mol. The number of hydrogen-bond acceptors (Lipinski definition) is 4. The second-order valence-electron chi connectivity index (χ2n) is 5.06. The van der Waals surface area contributed by atoms with E-state index in [0.717, 1.165) is 11.2 Å². The van der Waals surface area contributed by atoms with E-state index in [-0.39, 0.29) is 0 Å². The summed E-state index contributed by atoms with van der Waals surface area (Å²) in [5.74, 6) is 9.17. The van der Waals surface area contributed by atoms with Crippen molar-refractivity contribution in [1.82, 2.24) is 5.43 Å². The molecule has 1 aliphatic heterocycles. The molecule has 0 bridgehead atoms. The largest absolute Gasteiger partial charge is 0.271 e. The quantitative estimate of drug-likeness (QED) is 0.553. The fourth-order valence-corrected chi connectivity index (χ4v) is 5.91. The first-order chi connectivity index (χ1) is 8.22. The number of hydrogen-bond donors (Lipinski definition) is 2. The van der Waals surface area contributed by atoms with Crippen LogP contribution < -0.4 is 11.3 Å². The van der Waals surface area contributed by atoms with Crippen molar-refractivity contribution in [2.45, 2.75) is 63.0 Å². The Kier molecular flexibility index (Phi) is 8.00. The molecule has 1 aliphatic rings. The first-order valence-corrected chi connectivity index (χ1v) is 9.01. The minimum atomic E-state index is 0.485. The number of hydrazine groups is 1. The fraction of sp³-hybridized carbons (Fsp3) is 1.00. The molecule has 102 valence electrons. The molecule has 2 nitrogen and oxygen atoms in total. The Labute approximate surface area is 115 Å². The molecule has 4 heteroatoms. The molecule has 0 aromatic heterocycles. The summed E-state index contributed by atoms with van der Waals surface area (Å²) in [5, 5.41) is 1.48. The van der Waals surface area contributed by atoms with Crippen LogP contribution in [-0.4, -0.2) is 28.0 Å². The average Bonchev–Trinajstić information content (AvgIpc) is 2.36. The Bertz CT molecular complexity index is 202. The first-order valence-electron chi connectivity index (χ1n) is 6.92. The highest BCUT2D eigenvalue weighted by atomic mass is 32.2. The van der Waals surface area contributed by atoms with E-state index in [4.69, 9.17) is 5.84 Å². The van der Waals surface area contributed by atoms with E-state index in [0.29, 0.717) is 11.3 Å². The highest BCUT2D eigenvalue weighted by molar-refractivity contribution is 8.07. The predicted molar refractivity (Wildman–Crippen MR) is 82.6 cm³/mol. The van der Waals surface area contributed by atoms with Crippen LogP contribution in [0.1, 0.15) is 46.5 Å². The predicted octanol–water partition coefficient (Wildman–Crippen LogP) is 3.27. The van der Waals surface area contributed by atoms with Gasteiger partial charge in [0.1, 0.15) is 0 Å². The van der Waals surface area contributed by atoms with Gasteiger partial charge >= 0.3 is 0 Å². The lowest BCUT2D eigenvalue weighted by atomic mass is 9.94. The van der Waals surface area contributed by atoms with Crippen molar-refractivity contribution in [3.63, 3.8) is 0 Å². The van der Waals surface area contributed by atoms with Crippen LogP contribution in [-0.2, 0) is 0 Å². The van der Waals surface area contributed by atoms with E-state index in [2.05, 4.69) is 49.7 Å². The van der Waals surface area contributed by atoms with E-state index in [1.807, 2.05) is 0 Å². The van der Waals surface area contributed by atoms with Crippen LogP contribution in [0.15, 0.2) is 0 Å². The van der Waals surface area contributed by atoms with Gasteiger partial charge in [-0.3, -0.25) is 11.3 Å². The minimum absolute atomic E-state index is 0.485. The van der Waals surface area contributed by atoms with Gasteiger partial charge in [0.25, 0.3) is 0 Å². The summed E-state index contributed by atoms with van der Waals surface area (Å²) in [7, 11) is 0. The molecule has 0 aromatic rings. The summed E-state index contributed by atoms with van der Waals surface area (Å²) in [6.45, 7) is 6.93. The first kappa shape index (κ1) is 15.7. The number of nitrogens with two attached hydrogens (primary N) is 1.